The Hall–Kier alpha value is -5.35. The second-order valence-electron chi connectivity index (χ2n) is 10.0. The molecule has 212 valence electrons. The number of rotatable bonds is 10. The van der Waals surface area contributed by atoms with Crippen LogP contribution in [0.15, 0.2) is 91.3 Å². The number of hydrogen-bond acceptors (Lipinski definition) is 6. The number of carbonyl (C=O) groups excluding carboxylic acids is 2. The molecule has 3 aromatic carbocycles. The van der Waals surface area contributed by atoms with Gasteiger partial charge in [-0.3, -0.25) is 19.3 Å². The third-order valence-electron chi connectivity index (χ3n) is 6.91. The van der Waals surface area contributed by atoms with E-state index in [0.717, 1.165) is 36.0 Å². The van der Waals surface area contributed by atoms with Crippen molar-refractivity contribution >= 4 is 40.1 Å². The lowest BCUT2D eigenvalue weighted by atomic mass is 10.1. The Bertz CT molecular complexity index is 1750. The highest BCUT2D eigenvalue weighted by atomic mass is 16.4. The van der Waals surface area contributed by atoms with Gasteiger partial charge in [0.2, 0.25) is 0 Å². The molecule has 2 aromatic heterocycles. The molecule has 0 bridgehead atoms. The Morgan fingerprint density at radius 3 is 2.43 bits per heavy atom. The number of carbonyl (C=O) groups is 3. The molecule has 5 rings (SSSR count). The van der Waals surface area contributed by atoms with Crippen molar-refractivity contribution in [1.82, 2.24) is 19.7 Å². The third kappa shape index (κ3) is 6.68. The lowest BCUT2D eigenvalue weighted by Gasteiger charge is -2.17. The monoisotopic (exact) mass is 562 g/mol. The van der Waals surface area contributed by atoms with Gasteiger partial charge in [-0.15, -0.1) is 0 Å². The molecule has 0 spiro atoms. The van der Waals surface area contributed by atoms with Crippen molar-refractivity contribution in [3.05, 3.63) is 119 Å². The summed E-state index contributed by atoms with van der Waals surface area (Å²) < 4.78 is 1.87. The summed E-state index contributed by atoms with van der Waals surface area (Å²) in [6.07, 6.45) is 4.18. The van der Waals surface area contributed by atoms with Gasteiger partial charge in [0.15, 0.2) is 0 Å². The fraction of sp³-hybridized carbons (Fsp3) is 0.156. The first-order chi connectivity index (χ1) is 20.3. The zero-order chi connectivity index (χ0) is 29.6. The van der Waals surface area contributed by atoms with E-state index < -0.39 is 17.8 Å². The first-order valence-corrected chi connectivity index (χ1v) is 13.4. The van der Waals surface area contributed by atoms with E-state index in [-0.39, 0.29) is 22.5 Å². The SMILES string of the molecule is CN(CCc1ccc(NC(=O)c2ccc(C(=O)O)cc2NC(=O)c2ccccn2)cc1)Cc1ccc2c(cnn2C)c1. The number of carboxylic acid groups (broad SMARTS) is 1. The van der Waals surface area contributed by atoms with E-state index in [1.165, 1.54) is 36.0 Å². The minimum absolute atomic E-state index is 0.0604. The number of hydrogen-bond donors (Lipinski definition) is 3. The molecule has 2 heterocycles. The predicted octanol–water partition coefficient (Wildman–Crippen LogP) is 4.85. The maximum atomic E-state index is 13.2. The normalized spacial score (nSPS) is 11.0. The van der Waals surface area contributed by atoms with E-state index in [2.05, 4.69) is 50.9 Å². The van der Waals surface area contributed by atoms with Crippen molar-refractivity contribution in [1.29, 1.82) is 0 Å². The number of nitrogens with zero attached hydrogens (tertiary/aromatic N) is 4. The van der Waals surface area contributed by atoms with E-state index in [1.807, 2.05) is 42.2 Å². The van der Waals surface area contributed by atoms with Crippen LogP contribution in [0.25, 0.3) is 10.9 Å². The lowest BCUT2D eigenvalue weighted by Crippen LogP contribution is -2.21. The Labute approximate surface area is 242 Å². The summed E-state index contributed by atoms with van der Waals surface area (Å²) in [5, 5.41) is 20.3. The van der Waals surface area contributed by atoms with Gasteiger partial charge in [0.1, 0.15) is 5.69 Å². The van der Waals surface area contributed by atoms with Gasteiger partial charge in [0.25, 0.3) is 11.8 Å². The summed E-state index contributed by atoms with van der Waals surface area (Å²) in [7, 11) is 4.02. The molecule has 5 aromatic rings. The molecule has 0 saturated heterocycles. The van der Waals surface area contributed by atoms with Gasteiger partial charge < -0.3 is 20.6 Å². The number of pyridine rings is 1. The largest absolute Gasteiger partial charge is 0.478 e. The second kappa shape index (κ2) is 12.4. The highest BCUT2D eigenvalue weighted by molar-refractivity contribution is 6.13. The van der Waals surface area contributed by atoms with Gasteiger partial charge in [-0.25, -0.2) is 4.79 Å². The molecule has 0 aliphatic carbocycles. The van der Waals surface area contributed by atoms with E-state index in [0.29, 0.717) is 5.69 Å². The standard InChI is InChI=1S/C32H30N6O4/c1-37(20-22-8-13-29-24(17-22)19-34-38(29)2)16-14-21-6-10-25(11-7-21)35-30(39)26-12-9-23(32(41)42)18-28(26)36-31(40)27-5-3-4-15-33-27/h3-13,15,17-19H,14,16,20H2,1-2H3,(H,35,39)(H,36,40)(H,41,42). The van der Waals surface area contributed by atoms with Crippen molar-refractivity contribution in [3.63, 3.8) is 0 Å². The molecule has 42 heavy (non-hydrogen) atoms. The number of aromatic nitrogens is 3. The quantitative estimate of drug-likeness (QED) is 0.222. The van der Waals surface area contributed by atoms with Crippen LogP contribution >= 0.6 is 0 Å². The number of likely N-dealkylation sites (N-methyl/N-ethyl adjacent to an activating group) is 1. The van der Waals surface area contributed by atoms with Crippen molar-refractivity contribution in [2.45, 2.75) is 13.0 Å². The fourth-order valence-corrected chi connectivity index (χ4v) is 4.64. The topological polar surface area (TPSA) is 129 Å². The Kier molecular flexibility index (Phi) is 8.35. The van der Waals surface area contributed by atoms with Gasteiger partial charge >= 0.3 is 5.97 Å². The molecular formula is C32H30N6O4. The summed E-state index contributed by atoms with van der Waals surface area (Å²) in [5.41, 5.74) is 4.31. The summed E-state index contributed by atoms with van der Waals surface area (Å²) in [5.74, 6) is -2.22. The first kappa shape index (κ1) is 28.2. The molecule has 2 amide bonds. The minimum atomic E-state index is -1.17. The average Bonchev–Trinajstić information content (AvgIpc) is 3.36. The first-order valence-electron chi connectivity index (χ1n) is 13.4. The molecule has 0 fully saturated rings. The van der Waals surface area contributed by atoms with Gasteiger partial charge in [-0.1, -0.05) is 24.3 Å². The number of aromatic carboxylic acids is 1. The number of benzene rings is 3. The number of anilines is 2. The average molecular weight is 563 g/mol. The van der Waals surface area contributed by atoms with E-state index >= 15 is 0 Å². The lowest BCUT2D eigenvalue weighted by molar-refractivity contribution is 0.0696. The van der Waals surface area contributed by atoms with Crippen LogP contribution in [-0.2, 0) is 20.0 Å². The van der Waals surface area contributed by atoms with Gasteiger partial charge in [0, 0.05) is 37.4 Å². The van der Waals surface area contributed by atoms with Crippen LogP contribution in [0.4, 0.5) is 11.4 Å². The van der Waals surface area contributed by atoms with Crippen LogP contribution < -0.4 is 10.6 Å². The van der Waals surface area contributed by atoms with Crippen LogP contribution in [0.3, 0.4) is 0 Å². The fourth-order valence-electron chi connectivity index (χ4n) is 4.64. The molecule has 3 N–H and O–H groups in total. The van der Waals surface area contributed by atoms with Crippen LogP contribution in [0.5, 0.6) is 0 Å². The molecule has 0 atom stereocenters. The molecule has 0 aliphatic rings. The van der Waals surface area contributed by atoms with Gasteiger partial charge in [-0.2, -0.15) is 5.10 Å². The van der Waals surface area contributed by atoms with E-state index in [9.17, 15) is 19.5 Å². The smallest absolute Gasteiger partial charge is 0.335 e. The summed E-state index contributed by atoms with van der Waals surface area (Å²) >= 11 is 0. The summed E-state index contributed by atoms with van der Waals surface area (Å²) in [6, 6.07) is 22.8. The van der Waals surface area contributed by atoms with Crippen molar-refractivity contribution in [2.75, 3.05) is 24.2 Å². The minimum Gasteiger partial charge on any atom is -0.478 e. The molecule has 0 unspecified atom stereocenters. The number of carboxylic acids is 1. The maximum Gasteiger partial charge on any atom is 0.335 e. The molecule has 0 radical (unpaired) electrons. The Morgan fingerprint density at radius 2 is 1.69 bits per heavy atom. The van der Waals surface area contributed by atoms with Crippen LogP contribution in [0.1, 0.15) is 42.3 Å². The Morgan fingerprint density at radius 1 is 0.905 bits per heavy atom. The highest BCUT2D eigenvalue weighted by Crippen LogP contribution is 2.22. The van der Waals surface area contributed by atoms with Crippen molar-refractivity contribution in [2.24, 2.45) is 7.05 Å². The van der Waals surface area contributed by atoms with Gasteiger partial charge in [0.05, 0.1) is 28.5 Å². The summed E-state index contributed by atoms with van der Waals surface area (Å²) in [6.45, 7) is 1.67. The highest BCUT2D eigenvalue weighted by Gasteiger charge is 2.18. The van der Waals surface area contributed by atoms with Crippen LogP contribution in [0, 0.1) is 0 Å². The molecule has 0 saturated carbocycles. The van der Waals surface area contributed by atoms with Crippen LogP contribution in [-0.4, -0.2) is 56.1 Å². The van der Waals surface area contributed by atoms with E-state index in [4.69, 9.17) is 0 Å². The second-order valence-corrected chi connectivity index (χ2v) is 10.0. The summed E-state index contributed by atoms with van der Waals surface area (Å²) in [4.78, 5) is 43.6. The van der Waals surface area contributed by atoms with Crippen LogP contribution in [0.2, 0.25) is 0 Å². The maximum absolute atomic E-state index is 13.2. The molecule has 10 heteroatoms. The predicted molar refractivity (Wildman–Crippen MR) is 161 cm³/mol. The number of fused-ring (bicyclic) bond motifs is 1. The zero-order valence-corrected chi connectivity index (χ0v) is 23.2. The third-order valence-corrected chi connectivity index (χ3v) is 6.91. The number of nitrogens with one attached hydrogen (secondary N) is 2. The molecule has 10 nitrogen and oxygen atoms in total. The van der Waals surface area contributed by atoms with Crippen molar-refractivity contribution in [3.8, 4) is 0 Å². The Balaban J connectivity index is 1.20. The van der Waals surface area contributed by atoms with E-state index in [1.54, 1.807) is 12.1 Å². The molecule has 0 aliphatic heterocycles. The zero-order valence-electron chi connectivity index (χ0n) is 23.2. The van der Waals surface area contributed by atoms with Gasteiger partial charge in [-0.05, 0) is 79.2 Å². The number of aryl methyl sites for hydroxylation is 1. The van der Waals surface area contributed by atoms with Crippen molar-refractivity contribution < 1.29 is 19.5 Å². The number of amides is 2. The molecular weight excluding hydrogens is 532 g/mol.